The quantitative estimate of drug-likeness (QED) is 0.589. The molecule has 0 amide bonds. The average molecular weight is 295 g/mol. The Kier molecular flexibility index (Phi) is 3.93. The highest BCUT2D eigenvalue weighted by atomic mass is 28.3. The van der Waals surface area contributed by atoms with Crippen LogP contribution in [0.5, 0.6) is 0 Å². The summed E-state index contributed by atoms with van der Waals surface area (Å²) in [4.78, 5) is 14.8. The zero-order chi connectivity index (χ0) is 15.2. The summed E-state index contributed by atoms with van der Waals surface area (Å²) in [5.74, 6) is -0.00449. The SMILES string of the molecule is CC(C)(C)[C@@H]1OC(=O)[C@@]2(C/C=C/[Si](C)(C)C)CCCN12. The number of hydrogen-bond donors (Lipinski definition) is 0. The molecule has 3 nitrogen and oxygen atoms in total. The van der Waals surface area contributed by atoms with Crippen molar-refractivity contribution in [3.63, 3.8) is 0 Å². The van der Waals surface area contributed by atoms with Crippen LogP contribution < -0.4 is 0 Å². The van der Waals surface area contributed by atoms with E-state index >= 15 is 0 Å². The van der Waals surface area contributed by atoms with Gasteiger partial charge in [-0.15, -0.1) is 0 Å². The molecule has 0 aliphatic carbocycles. The van der Waals surface area contributed by atoms with Crippen molar-refractivity contribution in [2.75, 3.05) is 6.54 Å². The first-order valence-corrected chi connectivity index (χ1v) is 11.3. The van der Waals surface area contributed by atoms with Gasteiger partial charge < -0.3 is 4.74 Å². The van der Waals surface area contributed by atoms with Gasteiger partial charge in [-0.2, -0.15) is 0 Å². The van der Waals surface area contributed by atoms with Crippen LogP contribution in [-0.4, -0.2) is 37.3 Å². The molecule has 114 valence electrons. The Morgan fingerprint density at radius 2 is 2.05 bits per heavy atom. The fraction of sp³-hybridized carbons (Fsp3) is 0.812. The second-order valence-corrected chi connectivity index (χ2v) is 13.5. The lowest BCUT2D eigenvalue weighted by molar-refractivity contribution is -0.149. The van der Waals surface area contributed by atoms with Crippen LogP contribution in [0.1, 0.15) is 40.0 Å². The maximum atomic E-state index is 12.5. The Morgan fingerprint density at radius 1 is 1.40 bits per heavy atom. The lowest BCUT2D eigenvalue weighted by Gasteiger charge is -2.35. The summed E-state index contributed by atoms with van der Waals surface area (Å²) < 4.78 is 5.74. The molecule has 2 saturated heterocycles. The van der Waals surface area contributed by atoms with E-state index in [0.29, 0.717) is 0 Å². The van der Waals surface area contributed by atoms with Gasteiger partial charge >= 0.3 is 5.97 Å². The van der Waals surface area contributed by atoms with E-state index < -0.39 is 8.07 Å². The van der Waals surface area contributed by atoms with Crippen LogP contribution in [0.4, 0.5) is 0 Å². The van der Waals surface area contributed by atoms with E-state index in [1.807, 2.05) is 0 Å². The Morgan fingerprint density at radius 3 is 2.60 bits per heavy atom. The van der Waals surface area contributed by atoms with Crippen LogP contribution in [0, 0.1) is 5.41 Å². The van der Waals surface area contributed by atoms with E-state index in [9.17, 15) is 4.79 Å². The van der Waals surface area contributed by atoms with E-state index in [1.54, 1.807) is 0 Å². The van der Waals surface area contributed by atoms with Gasteiger partial charge in [-0.1, -0.05) is 52.2 Å². The second-order valence-electron chi connectivity index (χ2n) is 8.42. The molecular weight excluding hydrogens is 266 g/mol. The summed E-state index contributed by atoms with van der Waals surface area (Å²) in [5, 5.41) is 0. The number of fused-ring (bicyclic) bond motifs is 1. The van der Waals surface area contributed by atoms with Gasteiger partial charge in [0.05, 0.1) is 8.07 Å². The first-order chi connectivity index (χ1) is 9.06. The smallest absolute Gasteiger partial charge is 0.328 e. The zero-order valence-electron chi connectivity index (χ0n) is 13.8. The molecule has 0 saturated carbocycles. The van der Waals surface area contributed by atoms with Gasteiger partial charge in [-0.05, 0) is 19.3 Å². The zero-order valence-corrected chi connectivity index (χ0v) is 14.8. The van der Waals surface area contributed by atoms with Crippen LogP contribution >= 0.6 is 0 Å². The fourth-order valence-corrected chi connectivity index (χ4v) is 4.11. The lowest BCUT2D eigenvalue weighted by atomic mass is 9.90. The molecule has 0 radical (unpaired) electrons. The van der Waals surface area contributed by atoms with Crippen LogP contribution in [-0.2, 0) is 9.53 Å². The number of esters is 1. The number of cyclic esters (lactones) is 1. The van der Waals surface area contributed by atoms with E-state index in [0.717, 1.165) is 25.8 Å². The van der Waals surface area contributed by atoms with Crippen molar-refractivity contribution < 1.29 is 9.53 Å². The number of carbonyl (C=O) groups excluding carboxylic acids is 1. The summed E-state index contributed by atoms with van der Waals surface area (Å²) in [5.41, 5.74) is 1.94. The number of ether oxygens (including phenoxy) is 1. The molecule has 20 heavy (non-hydrogen) atoms. The Balaban J connectivity index is 2.21. The molecule has 0 unspecified atom stereocenters. The monoisotopic (exact) mass is 295 g/mol. The first-order valence-electron chi connectivity index (χ1n) is 7.72. The molecule has 2 aliphatic rings. The van der Waals surface area contributed by atoms with Gasteiger partial charge in [0.2, 0.25) is 0 Å². The van der Waals surface area contributed by atoms with Crippen molar-refractivity contribution in [3.05, 3.63) is 11.8 Å². The third-order valence-corrected chi connectivity index (χ3v) is 5.47. The van der Waals surface area contributed by atoms with Gasteiger partial charge in [0, 0.05) is 12.0 Å². The largest absolute Gasteiger partial charge is 0.444 e. The van der Waals surface area contributed by atoms with Crippen LogP contribution in [0.25, 0.3) is 0 Å². The number of nitrogens with zero attached hydrogens (tertiary/aromatic N) is 1. The molecule has 2 rings (SSSR count). The molecule has 0 aromatic rings. The summed E-state index contributed by atoms with van der Waals surface area (Å²) in [7, 11) is -1.20. The lowest BCUT2D eigenvalue weighted by Crippen LogP contribution is -2.48. The topological polar surface area (TPSA) is 29.5 Å². The summed E-state index contributed by atoms with van der Waals surface area (Å²) in [6.45, 7) is 14.4. The molecule has 2 fully saturated rings. The van der Waals surface area contributed by atoms with Crippen molar-refractivity contribution in [1.29, 1.82) is 0 Å². The van der Waals surface area contributed by atoms with Crippen molar-refractivity contribution in [2.45, 2.75) is 71.4 Å². The third kappa shape index (κ3) is 2.86. The minimum absolute atomic E-state index is 0.00449. The molecule has 4 heteroatoms. The minimum Gasteiger partial charge on any atom is -0.444 e. The molecule has 0 aromatic carbocycles. The molecule has 0 bridgehead atoms. The predicted octanol–water partition coefficient (Wildman–Crippen LogP) is 3.57. The maximum Gasteiger partial charge on any atom is 0.328 e. The van der Waals surface area contributed by atoms with Gasteiger partial charge in [-0.3, -0.25) is 4.90 Å². The highest BCUT2D eigenvalue weighted by molar-refractivity contribution is 6.80. The van der Waals surface area contributed by atoms with Crippen molar-refractivity contribution in [2.24, 2.45) is 5.41 Å². The predicted molar refractivity (Wildman–Crippen MR) is 85.1 cm³/mol. The van der Waals surface area contributed by atoms with E-state index in [2.05, 4.69) is 57.1 Å². The Labute approximate surface area is 124 Å². The van der Waals surface area contributed by atoms with Crippen molar-refractivity contribution in [3.8, 4) is 0 Å². The standard InChI is InChI=1S/C16H29NO2Si/c1-15(2,3)13-17-11-7-9-16(17,14(18)19-13)10-8-12-20(4,5)6/h8,12-13H,7,9-11H2,1-6H3/b12-8+/t13-,16-/m0/s1. The maximum absolute atomic E-state index is 12.5. The van der Waals surface area contributed by atoms with Gasteiger partial charge in [-0.25, -0.2) is 4.79 Å². The molecule has 2 heterocycles. The fourth-order valence-electron chi connectivity index (χ4n) is 3.29. The van der Waals surface area contributed by atoms with Gasteiger partial charge in [0.1, 0.15) is 5.54 Å². The minimum atomic E-state index is -1.20. The molecular formula is C16H29NO2Si. The van der Waals surface area contributed by atoms with Crippen LogP contribution in [0.2, 0.25) is 19.6 Å². The Hall–Kier alpha value is -0.613. The van der Waals surface area contributed by atoms with Crippen molar-refractivity contribution in [1.82, 2.24) is 4.90 Å². The number of carbonyl (C=O) groups is 1. The first kappa shape index (κ1) is 15.8. The van der Waals surface area contributed by atoms with Gasteiger partial charge in [0.25, 0.3) is 0 Å². The number of hydrogen-bond acceptors (Lipinski definition) is 3. The normalized spacial score (nSPS) is 31.9. The van der Waals surface area contributed by atoms with E-state index in [1.165, 1.54) is 0 Å². The van der Waals surface area contributed by atoms with Crippen LogP contribution in [0.3, 0.4) is 0 Å². The highest BCUT2D eigenvalue weighted by Crippen LogP contribution is 2.45. The average Bonchev–Trinajstić information content (AvgIpc) is 2.76. The van der Waals surface area contributed by atoms with Crippen LogP contribution in [0.15, 0.2) is 11.8 Å². The molecule has 2 atom stereocenters. The highest BCUT2D eigenvalue weighted by Gasteiger charge is 2.59. The van der Waals surface area contributed by atoms with Gasteiger partial charge in [0.15, 0.2) is 6.23 Å². The van der Waals surface area contributed by atoms with E-state index in [4.69, 9.17) is 4.74 Å². The molecule has 0 N–H and O–H groups in total. The summed E-state index contributed by atoms with van der Waals surface area (Å²) in [6, 6.07) is 0. The summed E-state index contributed by atoms with van der Waals surface area (Å²) in [6.07, 6.45) is 5.01. The second kappa shape index (κ2) is 4.99. The molecule has 2 aliphatic heterocycles. The molecule has 0 aromatic heterocycles. The van der Waals surface area contributed by atoms with E-state index in [-0.39, 0.29) is 23.2 Å². The summed E-state index contributed by atoms with van der Waals surface area (Å²) >= 11 is 0. The molecule has 0 spiro atoms. The third-order valence-electron chi connectivity index (χ3n) is 4.24. The Bertz CT molecular complexity index is 419. The van der Waals surface area contributed by atoms with Crippen molar-refractivity contribution >= 4 is 14.0 Å². The number of rotatable bonds is 3.